The fourth-order valence-electron chi connectivity index (χ4n) is 2.37. The van der Waals surface area contributed by atoms with Crippen LogP contribution >= 0.6 is 0 Å². The van der Waals surface area contributed by atoms with Gasteiger partial charge in [-0.15, -0.1) is 0 Å². The van der Waals surface area contributed by atoms with Gasteiger partial charge in [0.15, 0.2) is 0 Å². The molecule has 0 saturated heterocycles. The molecule has 0 aromatic rings. The SMILES string of the molecule is NCC(N(CC(N)=O)C1CCCC1)C(F)(F)F. The van der Waals surface area contributed by atoms with E-state index >= 15 is 0 Å². The fraction of sp³-hybridized carbons (Fsp3) is 0.900. The van der Waals surface area contributed by atoms with Crippen molar-refractivity contribution in [2.45, 2.75) is 43.9 Å². The minimum atomic E-state index is -4.42. The third-order valence-electron chi connectivity index (χ3n) is 3.13. The quantitative estimate of drug-likeness (QED) is 0.754. The number of carbonyl (C=O) groups excluding carboxylic acids is 1. The molecule has 4 N–H and O–H groups in total. The molecule has 0 aliphatic heterocycles. The molecule has 1 saturated carbocycles. The molecule has 100 valence electrons. The fourth-order valence-corrected chi connectivity index (χ4v) is 2.37. The molecular weight excluding hydrogens is 235 g/mol. The molecule has 1 rings (SSSR count). The molecule has 17 heavy (non-hydrogen) atoms. The molecular formula is C10H18F3N3O. The van der Waals surface area contributed by atoms with Crippen molar-refractivity contribution in [3.63, 3.8) is 0 Å². The monoisotopic (exact) mass is 253 g/mol. The molecule has 1 unspecified atom stereocenters. The van der Waals surface area contributed by atoms with Crippen molar-refractivity contribution in [3.8, 4) is 0 Å². The number of nitrogens with zero attached hydrogens (tertiary/aromatic N) is 1. The van der Waals surface area contributed by atoms with Gasteiger partial charge < -0.3 is 11.5 Å². The van der Waals surface area contributed by atoms with Gasteiger partial charge in [-0.25, -0.2) is 0 Å². The highest BCUT2D eigenvalue weighted by Crippen LogP contribution is 2.31. The number of amides is 1. The van der Waals surface area contributed by atoms with Crippen LogP contribution in [-0.2, 0) is 4.79 Å². The number of nitrogens with two attached hydrogens (primary N) is 2. The van der Waals surface area contributed by atoms with Crippen LogP contribution in [0.25, 0.3) is 0 Å². The topological polar surface area (TPSA) is 72.3 Å². The van der Waals surface area contributed by atoms with E-state index in [2.05, 4.69) is 0 Å². The zero-order valence-corrected chi connectivity index (χ0v) is 9.54. The number of rotatable bonds is 5. The Kier molecular flexibility index (Phi) is 4.76. The number of halogens is 3. The summed E-state index contributed by atoms with van der Waals surface area (Å²) in [7, 11) is 0. The average Bonchev–Trinajstić information content (AvgIpc) is 2.66. The van der Waals surface area contributed by atoms with Gasteiger partial charge in [-0.1, -0.05) is 12.8 Å². The second-order valence-corrected chi connectivity index (χ2v) is 4.37. The van der Waals surface area contributed by atoms with E-state index in [1.165, 1.54) is 0 Å². The lowest BCUT2D eigenvalue weighted by Gasteiger charge is -2.35. The molecule has 7 heteroatoms. The summed E-state index contributed by atoms with van der Waals surface area (Å²) >= 11 is 0. The molecule has 0 bridgehead atoms. The third-order valence-corrected chi connectivity index (χ3v) is 3.13. The molecule has 4 nitrogen and oxygen atoms in total. The number of primary amides is 1. The first kappa shape index (κ1) is 14.2. The van der Waals surface area contributed by atoms with E-state index in [-0.39, 0.29) is 12.6 Å². The lowest BCUT2D eigenvalue weighted by molar-refractivity contribution is -0.187. The zero-order chi connectivity index (χ0) is 13.1. The van der Waals surface area contributed by atoms with Gasteiger partial charge in [0, 0.05) is 12.6 Å². The van der Waals surface area contributed by atoms with E-state index in [4.69, 9.17) is 11.5 Å². The van der Waals surface area contributed by atoms with Crippen molar-refractivity contribution in [2.75, 3.05) is 13.1 Å². The Balaban J connectivity index is 2.82. The van der Waals surface area contributed by atoms with Crippen LogP contribution in [0.4, 0.5) is 13.2 Å². The Morgan fingerprint density at radius 3 is 2.24 bits per heavy atom. The summed E-state index contributed by atoms with van der Waals surface area (Å²) in [5.41, 5.74) is 10.2. The maximum atomic E-state index is 12.8. The molecule has 1 aliphatic rings. The van der Waals surface area contributed by atoms with Gasteiger partial charge in [-0.05, 0) is 12.8 Å². The predicted octanol–water partition coefficient (Wildman–Crippen LogP) is 0.606. The zero-order valence-electron chi connectivity index (χ0n) is 9.54. The van der Waals surface area contributed by atoms with E-state index < -0.39 is 24.7 Å². The summed E-state index contributed by atoms with van der Waals surface area (Å²) in [5, 5.41) is 0. The first-order valence-corrected chi connectivity index (χ1v) is 5.67. The van der Waals surface area contributed by atoms with Crippen LogP contribution < -0.4 is 11.5 Å². The molecule has 0 radical (unpaired) electrons. The molecule has 0 aromatic heterocycles. The Hall–Kier alpha value is -0.820. The van der Waals surface area contributed by atoms with Crippen LogP contribution in [0.2, 0.25) is 0 Å². The molecule has 0 spiro atoms. The van der Waals surface area contributed by atoms with Crippen LogP contribution in [0.5, 0.6) is 0 Å². The van der Waals surface area contributed by atoms with E-state index in [1.54, 1.807) is 0 Å². The van der Waals surface area contributed by atoms with Gasteiger partial charge in [0.1, 0.15) is 6.04 Å². The van der Waals surface area contributed by atoms with Gasteiger partial charge in [-0.2, -0.15) is 13.2 Å². The molecule has 1 fully saturated rings. The van der Waals surface area contributed by atoms with E-state index in [1.807, 2.05) is 0 Å². The largest absolute Gasteiger partial charge is 0.405 e. The highest BCUT2D eigenvalue weighted by atomic mass is 19.4. The van der Waals surface area contributed by atoms with Crippen molar-refractivity contribution in [2.24, 2.45) is 11.5 Å². The summed E-state index contributed by atoms with van der Waals surface area (Å²) in [6, 6.07) is -2.02. The predicted molar refractivity (Wildman–Crippen MR) is 57.1 cm³/mol. The van der Waals surface area contributed by atoms with Gasteiger partial charge in [-0.3, -0.25) is 9.69 Å². The minimum absolute atomic E-state index is 0.238. The van der Waals surface area contributed by atoms with E-state index in [9.17, 15) is 18.0 Å². The molecule has 1 amide bonds. The van der Waals surface area contributed by atoms with E-state index in [0.29, 0.717) is 12.8 Å². The number of hydrogen-bond donors (Lipinski definition) is 2. The van der Waals surface area contributed by atoms with Crippen molar-refractivity contribution in [1.82, 2.24) is 4.90 Å². The summed E-state index contributed by atoms with van der Waals surface area (Å²) in [6.07, 6.45) is -1.32. The first-order chi connectivity index (χ1) is 7.86. The average molecular weight is 253 g/mol. The van der Waals surface area contributed by atoms with Crippen LogP contribution in [0.1, 0.15) is 25.7 Å². The minimum Gasteiger partial charge on any atom is -0.369 e. The maximum Gasteiger partial charge on any atom is 0.405 e. The maximum absolute atomic E-state index is 12.8. The Labute approximate surface area is 98.1 Å². The summed E-state index contributed by atoms with van der Waals surface area (Å²) in [4.78, 5) is 12.0. The number of carbonyl (C=O) groups is 1. The summed E-state index contributed by atoms with van der Waals surface area (Å²) < 4.78 is 38.4. The van der Waals surface area contributed by atoms with Gasteiger partial charge >= 0.3 is 6.18 Å². The van der Waals surface area contributed by atoms with Gasteiger partial charge in [0.2, 0.25) is 5.91 Å². The standard InChI is InChI=1S/C10H18F3N3O/c11-10(12,13)8(5-14)16(6-9(15)17)7-3-1-2-4-7/h7-8H,1-6,14H2,(H2,15,17). The van der Waals surface area contributed by atoms with Gasteiger partial charge in [0.25, 0.3) is 0 Å². The molecule has 0 aromatic carbocycles. The first-order valence-electron chi connectivity index (χ1n) is 5.67. The highest BCUT2D eigenvalue weighted by molar-refractivity contribution is 5.76. The van der Waals surface area contributed by atoms with Crippen LogP contribution in [0, 0.1) is 0 Å². The highest BCUT2D eigenvalue weighted by Gasteiger charge is 2.45. The lowest BCUT2D eigenvalue weighted by atomic mass is 10.1. The van der Waals surface area contributed by atoms with Crippen molar-refractivity contribution >= 4 is 5.91 Å². The van der Waals surface area contributed by atoms with Crippen LogP contribution in [0.15, 0.2) is 0 Å². The van der Waals surface area contributed by atoms with Crippen molar-refractivity contribution < 1.29 is 18.0 Å². The normalized spacial score (nSPS) is 19.8. The molecule has 1 atom stereocenters. The summed E-state index contributed by atoms with van der Waals surface area (Å²) in [6.45, 7) is -0.931. The van der Waals surface area contributed by atoms with Crippen LogP contribution in [0.3, 0.4) is 0 Å². The Morgan fingerprint density at radius 1 is 1.35 bits per heavy atom. The molecule has 0 heterocycles. The number of hydrogen-bond acceptors (Lipinski definition) is 3. The Bertz CT molecular complexity index is 264. The lowest BCUT2D eigenvalue weighted by Crippen LogP contribution is -2.56. The second kappa shape index (κ2) is 5.68. The van der Waals surface area contributed by atoms with Crippen molar-refractivity contribution in [3.05, 3.63) is 0 Å². The van der Waals surface area contributed by atoms with Gasteiger partial charge in [0.05, 0.1) is 6.54 Å². The van der Waals surface area contributed by atoms with E-state index in [0.717, 1.165) is 17.7 Å². The summed E-state index contributed by atoms with van der Waals surface area (Å²) in [5.74, 6) is -0.750. The molecule has 1 aliphatic carbocycles. The van der Waals surface area contributed by atoms with Crippen molar-refractivity contribution in [1.29, 1.82) is 0 Å². The number of alkyl halides is 3. The van der Waals surface area contributed by atoms with Crippen LogP contribution in [-0.4, -0.2) is 42.2 Å². The third kappa shape index (κ3) is 3.85. The smallest absolute Gasteiger partial charge is 0.369 e. The second-order valence-electron chi connectivity index (χ2n) is 4.37. The Morgan fingerprint density at radius 2 is 1.88 bits per heavy atom.